The summed E-state index contributed by atoms with van der Waals surface area (Å²) >= 11 is 0. The van der Waals surface area contributed by atoms with Crippen LogP contribution in [0.5, 0.6) is 5.75 Å². The molecule has 0 bridgehead atoms. The van der Waals surface area contributed by atoms with Crippen molar-refractivity contribution in [3.63, 3.8) is 0 Å². The molecule has 6 heteroatoms. The number of aliphatic imine (C=N–C) groups is 1. The molecule has 2 aliphatic rings. The average Bonchev–Trinajstić information content (AvgIpc) is 2.87. The first-order valence-electron chi connectivity index (χ1n) is 12.5. The number of nitrogens with zero attached hydrogens (tertiary/aromatic N) is 2. The fraction of sp³-hybridized carbons (Fsp3) is 0.414. The molecule has 1 heterocycles. The van der Waals surface area contributed by atoms with Crippen LogP contribution in [0.25, 0.3) is 0 Å². The van der Waals surface area contributed by atoms with E-state index < -0.39 is 11.9 Å². The molecule has 2 aromatic rings. The quantitative estimate of drug-likeness (QED) is 0.363. The van der Waals surface area contributed by atoms with Gasteiger partial charge in [-0.3, -0.25) is 9.79 Å². The highest BCUT2D eigenvalue weighted by atomic mass is 16.6. The molecule has 1 unspecified atom stereocenters. The maximum absolute atomic E-state index is 13.3. The molecule has 1 saturated carbocycles. The molecule has 1 aliphatic heterocycles. The van der Waals surface area contributed by atoms with Crippen molar-refractivity contribution in [3.05, 3.63) is 71.4 Å². The highest BCUT2D eigenvalue weighted by Crippen LogP contribution is 2.43. The lowest BCUT2D eigenvalue weighted by Crippen LogP contribution is -2.39. The number of allylic oxidation sites excluding steroid dienone is 1. The Morgan fingerprint density at radius 2 is 1.69 bits per heavy atom. The zero-order valence-electron chi connectivity index (χ0n) is 20.8. The van der Waals surface area contributed by atoms with E-state index in [9.17, 15) is 9.59 Å². The molecule has 2 atom stereocenters. The van der Waals surface area contributed by atoms with Crippen LogP contribution in [-0.2, 0) is 14.3 Å². The van der Waals surface area contributed by atoms with Crippen LogP contribution in [0.3, 0.4) is 0 Å². The van der Waals surface area contributed by atoms with E-state index in [0.29, 0.717) is 17.7 Å². The van der Waals surface area contributed by atoms with Crippen LogP contribution in [0.4, 0.5) is 5.69 Å². The Hall–Kier alpha value is -3.41. The Labute approximate surface area is 207 Å². The molecule has 6 nitrogen and oxygen atoms in total. The number of para-hydroxylation sites is 1. The Kier molecular flexibility index (Phi) is 8.01. The molecule has 0 N–H and O–H groups in total. The fourth-order valence-corrected chi connectivity index (χ4v) is 5.12. The van der Waals surface area contributed by atoms with Gasteiger partial charge in [-0.15, -0.1) is 0 Å². The molecule has 2 aromatic carbocycles. The maximum atomic E-state index is 13.3. The molecule has 0 aromatic heterocycles. The Morgan fingerprint density at radius 1 is 0.971 bits per heavy atom. The molecule has 0 spiro atoms. The van der Waals surface area contributed by atoms with E-state index in [0.717, 1.165) is 48.6 Å². The zero-order valence-corrected chi connectivity index (χ0v) is 20.8. The van der Waals surface area contributed by atoms with Crippen molar-refractivity contribution in [1.82, 2.24) is 0 Å². The van der Waals surface area contributed by atoms with Crippen molar-refractivity contribution in [1.29, 1.82) is 0 Å². The monoisotopic (exact) mass is 474 g/mol. The molecule has 1 aliphatic carbocycles. The van der Waals surface area contributed by atoms with Gasteiger partial charge in [0.05, 0.1) is 11.5 Å². The maximum Gasteiger partial charge on any atom is 0.336 e. The van der Waals surface area contributed by atoms with Crippen LogP contribution >= 0.6 is 0 Å². The van der Waals surface area contributed by atoms with Gasteiger partial charge >= 0.3 is 5.97 Å². The first-order chi connectivity index (χ1) is 17.0. The summed E-state index contributed by atoms with van der Waals surface area (Å²) in [5, 5.41) is 0. The Bertz CT molecular complexity index is 1100. The number of fused-ring (bicyclic) bond motifs is 1. The van der Waals surface area contributed by atoms with Crippen LogP contribution in [0.2, 0.25) is 0 Å². The Morgan fingerprint density at radius 3 is 2.37 bits per heavy atom. The van der Waals surface area contributed by atoms with E-state index in [1.807, 2.05) is 49.4 Å². The molecule has 0 saturated heterocycles. The summed E-state index contributed by atoms with van der Waals surface area (Å²) in [6.45, 7) is 8.30. The number of carbonyl (C=O) groups excluding carboxylic acids is 2. The topological polar surface area (TPSA) is 68.2 Å². The lowest BCUT2D eigenvalue weighted by molar-refractivity contribution is -0.140. The third kappa shape index (κ3) is 5.47. The minimum absolute atomic E-state index is 0.118. The van der Waals surface area contributed by atoms with Crippen LogP contribution in [0, 0.1) is 5.92 Å². The number of esters is 1. The van der Waals surface area contributed by atoms with E-state index >= 15 is 0 Å². The van der Waals surface area contributed by atoms with E-state index in [-0.39, 0.29) is 24.9 Å². The summed E-state index contributed by atoms with van der Waals surface area (Å²) in [6.07, 6.45) is 2.12. The van der Waals surface area contributed by atoms with Gasteiger partial charge in [-0.2, -0.15) is 0 Å². The number of Topliss-reactive ketones (excluding diaryl/α,β-unsaturated/α-hetero) is 1. The van der Waals surface area contributed by atoms with Crippen molar-refractivity contribution in [2.45, 2.75) is 46.0 Å². The minimum atomic E-state index is -0.432. The van der Waals surface area contributed by atoms with Crippen LogP contribution < -0.4 is 9.64 Å². The van der Waals surface area contributed by atoms with Gasteiger partial charge in [-0.25, -0.2) is 4.79 Å². The molecule has 35 heavy (non-hydrogen) atoms. The third-order valence-electron chi connectivity index (χ3n) is 6.84. The van der Waals surface area contributed by atoms with Crippen molar-refractivity contribution in [2.75, 3.05) is 31.2 Å². The second-order valence-electron chi connectivity index (χ2n) is 8.94. The van der Waals surface area contributed by atoms with Gasteiger partial charge in [0, 0.05) is 42.5 Å². The smallest absolute Gasteiger partial charge is 0.336 e. The van der Waals surface area contributed by atoms with E-state index in [1.165, 1.54) is 0 Å². The van der Waals surface area contributed by atoms with E-state index in [2.05, 4.69) is 30.9 Å². The second kappa shape index (κ2) is 11.3. The summed E-state index contributed by atoms with van der Waals surface area (Å²) in [6, 6.07) is 17.7. The van der Waals surface area contributed by atoms with Gasteiger partial charge in [0.25, 0.3) is 0 Å². The third-order valence-corrected chi connectivity index (χ3v) is 6.84. The number of anilines is 1. The number of ether oxygens (including phenoxy) is 2. The van der Waals surface area contributed by atoms with Gasteiger partial charge in [0.15, 0.2) is 0 Å². The van der Waals surface area contributed by atoms with Crippen LogP contribution in [0.15, 0.2) is 70.9 Å². The molecule has 0 radical (unpaired) electrons. The lowest BCUT2D eigenvalue weighted by atomic mass is 9.69. The highest BCUT2D eigenvalue weighted by Gasteiger charge is 2.43. The number of benzene rings is 2. The van der Waals surface area contributed by atoms with Crippen molar-refractivity contribution >= 4 is 23.2 Å². The van der Waals surface area contributed by atoms with Crippen molar-refractivity contribution < 1.29 is 19.1 Å². The van der Waals surface area contributed by atoms with Crippen molar-refractivity contribution in [3.8, 4) is 5.75 Å². The summed E-state index contributed by atoms with van der Waals surface area (Å²) in [5.41, 5.74) is 4.07. The van der Waals surface area contributed by atoms with E-state index in [1.54, 1.807) is 0 Å². The minimum Gasteiger partial charge on any atom is -0.490 e. The molecule has 1 fully saturated rings. The van der Waals surface area contributed by atoms with Gasteiger partial charge in [0.2, 0.25) is 0 Å². The second-order valence-corrected chi connectivity index (χ2v) is 8.94. The van der Waals surface area contributed by atoms with Gasteiger partial charge < -0.3 is 14.4 Å². The van der Waals surface area contributed by atoms with E-state index in [4.69, 9.17) is 14.5 Å². The highest BCUT2D eigenvalue weighted by molar-refractivity contribution is 6.11. The predicted molar refractivity (Wildman–Crippen MR) is 138 cm³/mol. The SMILES string of the molecule is CCN(CC)c1ccc([C@H]2C(C(=O)OCCOc3ccccc3)=C(C)N=C3CCCC(=O)C32)cc1. The van der Waals surface area contributed by atoms with Gasteiger partial charge in [0.1, 0.15) is 24.7 Å². The van der Waals surface area contributed by atoms with Crippen LogP contribution in [0.1, 0.15) is 51.5 Å². The number of hydrogen-bond acceptors (Lipinski definition) is 6. The summed E-state index contributed by atoms with van der Waals surface area (Å²) in [7, 11) is 0. The molecular weight excluding hydrogens is 440 g/mol. The van der Waals surface area contributed by atoms with Gasteiger partial charge in [-0.1, -0.05) is 30.3 Å². The normalized spacial score (nSPS) is 19.6. The molecule has 184 valence electrons. The zero-order chi connectivity index (χ0) is 24.8. The molecular formula is C29H34N2O4. The number of ketones is 1. The first-order valence-corrected chi connectivity index (χ1v) is 12.5. The van der Waals surface area contributed by atoms with Crippen molar-refractivity contribution in [2.24, 2.45) is 10.9 Å². The first kappa shape index (κ1) is 24.7. The standard InChI is InChI=1S/C29H34N2O4/c1-4-31(5-2)22-16-14-21(15-17-22)27-26(20(3)30-24-12-9-13-25(32)28(24)27)29(33)35-19-18-34-23-10-7-6-8-11-23/h6-8,10-11,14-17,27-28H,4-5,9,12-13,18-19H2,1-3H3/t27-,28?/m0/s1. The number of rotatable bonds is 9. The molecule has 4 rings (SSSR count). The average molecular weight is 475 g/mol. The summed E-state index contributed by atoms with van der Waals surface area (Å²) < 4.78 is 11.3. The lowest BCUT2D eigenvalue weighted by Gasteiger charge is -2.35. The number of hydrogen-bond donors (Lipinski definition) is 0. The Balaban J connectivity index is 1.58. The fourth-order valence-electron chi connectivity index (χ4n) is 5.12. The summed E-state index contributed by atoms with van der Waals surface area (Å²) in [4.78, 5) is 33.4. The predicted octanol–water partition coefficient (Wildman–Crippen LogP) is 5.34. The molecule has 0 amide bonds. The largest absolute Gasteiger partial charge is 0.490 e. The van der Waals surface area contributed by atoms with Crippen LogP contribution in [-0.4, -0.2) is 43.8 Å². The summed E-state index contributed by atoms with van der Waals surface area (Å²) in [5.74, 6) is -0.348. The number of carbonyl (C=O) groups is 2. The van der Waals surface area contributed by atoms with Gasteiger partial charge in [-0.05, 0) is 63.4 Å².